The van der Waals surface area contributed by atoms with Crippen LogP contribution in [-0.4, -0.2) is 42.3 Å². The Labute approximate surface area is 183 Å². The van der Waals surface area contributed by atoms with Crippen LogP contribution in [0.4, 0.5) is 0 Å². The van der Waals surface area contributed by atoms with Crippen LogP contribution in [0.25, 0.3) is 0 Å². The maximum atomic E-state index is 12.2. The quantitative estimate of drug-likeness (QED) is 0.332. The van der Waals surface area contributed by atoms with Gasteiger partial charge in [0.2, 0.25) is 0 Å². The van der Waals surface area contributed by atoms with E-state index in [1.807, 2.05) is 6.20 Å². The molecule has 3 fully saturated rings. The Kier molecular flexibility index (Phi) is 9.04. The fourth-order valence-corrected chi connectivity index (χ4v) is 6.15. The van der Waals surface area contributed by atoms with Crippen LogP contribution >= 0.6 is 15.9 Å². The van der Waals surface area contributed by atoms with Crippen LogP contribution in [0, 0.1) is 11.8 Å². The van der Waals surface area contributed by atoms with E-state index in [2.05, 4.69) is 26.6 Å². The fourth-order valence-electron chi connectivity index (χ4n) is 5.45. The van der Waals surface area contributed by atoms with Gasteiger partial charge in [0.1, 0.15) is 0 Å². The normalized spacial score (nSPS) is 31.4. The summed E-state index contributed by atoms with van der Waals surface area (Å²) in [5.41, 5.74) is 0.965. The van der Waals surface area contributed by atoms with E-state index in [4.69, 9.17) is 4.74 Å². The Balaban J connectivity index is 1.73. The zero-order valence-electron chi connectivity index (χ0n) is 17.8. The second kappa shape index (κ2) is 11.5. The molecule has 4 atom stereocenters. The summed E-state index contributed by atoms with van der Waals surface area (Å²) in [4.78, 5) is 24.6. The van der Waals surface area contributed by atoms with Crippen molar-refractivity contribution in [3.8, 4) is 0 Å². The number of ether oxygens (including phenoxy) is 1. The number of carbonyl (C=O) groups is 2. The van der Waals surface area contributed by atoms with Crippen molar-refractivity contribution in [2.75, 3.05) is 13.7 Å². The van der Waals surface area contributed by atoms with Crippen LogP contribution < -0.4 is 10.6 Å². The molecule has 164 valence electrons. The number of allylic oxidation sites excluding steroid dienone is 1. The molecule has 2 N–H and O–H groups in total. The highest BCUT2D eigenvalue weighted by Gasteiger charge is 2.39. The van der Waals surface area contributed by atoms with Crippen molar-refractivity contribution in [2.45, 2.75) is 94.0 Å². The number of methoxy groups -OCH3 is 1. The van der Waals surface area contributed by atoms with Crippen LogP contribution in [0.1, 0.15) is 77.0 Å². The lowest BCUT2D eigenvalue weighted by molar-refractivity contribution is -0.139. The van der Waals surface area contributed by atoms with E-state index in [1.165, 1.54) is 39.2 Å². The lowest BCUT2D eigenvalue weighted by atomic mass is 9.71. The topological polar surface area (TPSA) is 67.4 Å². The number of hydrogen-bond donors (Lipinski definition) is 2. The molecule has 4 unspecified atom stereocenters. The monoisotopic (exact) mass is 468 g/mol. The van der Waals surface area contributed by atoms with Gasteiger partial charge in [0.15, 0.2) is 5.78 Å². The molecule has 6 heteroatoms. The summed E-state index contributed by atoms with van der Waals surface area (Å²) in [6.07, 6.45) is 15.4. The predicted octanol–water partition coefficient (Wildman–Crippen LogP) is 4.25. The predicted molar refractivity (Wildman–Crippen MR) is 119 cm³/mol. The minimum absolute atomic E-state index is 0.198. The molecule has 3 rings (SSSR count). The van der Waals surface area contributed by atoms with E-state index >= 15 is 0 Å². The maximum Gasteiger partial charge on any atom is 0.319 e. The second-order valence-electron chi connectivity index (χ2n) is 9.03. The average molecular weight is 469 g/mol. The maximum absolute atomic E-state index is 12.2. The smallest absolute Gasteiger partial charge is 0.319 e. The molecule has 3 aliphatic rings. The molecular weight excluding hydrogens is 432 g/mol. The van der Waals surface area contributed by atoms with Gasteiger partial charge in [-0.15, -0.1) is 0 Å². The highest BCUT2D eigenvalue weighted by molar-refractivity contribution is 9.09. The molecule has 0 radical (unpaired) electrons. The van der Waals surface area contributed by atoms with Gasteiger partial charge in [-0.25, -0.2) is 0 Å². The summed E-state index contributed by atoms with van der Waals surface area (Å²) in [7, 11) is 1.45. The third kappa shape index (κ3) is 6.55. The number of hydrogen-bond acceptors (Lipinski definition) is 5. The van der Waals surface area contributed by atoms with Gasteiger partial charge < -0.3 is 15.4 Å². The standard InChI is InChI=1S/C23H37BrN2O3/c1-29-22(28)15-26-23(16-7-3-2-4-8-16)19-13-18(24)11-12-20(19)25-14-17-9-5-6-10-21(17)27/h14,16,18-20,23,25-26H,2-13,15H2,1H3/b17-14-. The largest absolute Gasteiger partial charge is 0.468 e. The summed E-state index contributed by atoms with van der Waals surface area (Å²) in [6, 6.07) is 0.635. The van der Waals surface area contributed by atoms with E-state index in [0.29, 0.717) is 41.0 Å². The van der Waals surface area contributed by atoms with Gasteiger partial charge in [-0.1, -0.05) is 35.2 Å². The first-order chi connectivity index (χ1) is 14.1. The Morgan fingerprint density at radius 3 is 2.62 bits per heavy atom. The summed E-state index contributed by atoms with van der Waals surface area (Å²) >= 11 is 3.86. The molecule has 0 aromatic rings. The first-order valence-electron chi connectivity index (χ1n) is 11.5. The highest BCUT2D eigenvalue weighted by Crippen LogP contribution is 2.38. The minimum Gasteiger partial charge on any atom is -0.468 e. The molecule has 0 bridgehead atoms. The van der Waals surface area contributed by atoms with Gasteiger partial charge in [0.05, 0.1) is 13.7 Å². The van der Waals surface area contributed by atoms with E-state index in [9.17, 15) is 9.59 Å². The number of Topliss-reactive ketones (excluding diaryl/α,β-unsaturated/α-hetero) is 1. The Hall–Kier alpha value is -0.880. The van der Waals surface area contributed by atoms with Crippen LogP contribution in [-0.2, 0) is 14.3 Å². The van der Waals surface area contributed by atoms with Crippen LogP contribution in [0.2, 0.25) is 0 Å². The Morgan fingerprint density at radius 1 is 1.14 bits per heavy atom. The third-order valence-electron chi connectivity index (χ3n) is 7.09. The Morgan fingerprint density at radius 2 is 1.90 bits per heavy atom. The van der Waals surface area contributed by atoms with Gasteiger partial charge in [0.25, 0.3) is 0 Å². The lowest BCUT2D eigenvalue weighted by Gasteiger charge is -2.44. The van der Waals surface area contributed by atoms with Gasteiger partial charge in [-0.05, 0) is 63.2 Å². The van der Waals surface area contributed by atoms with Gasteiger partial charge >= 0.3 is 5.97 Å². The molecule has 3 aliphatic carbocycles. The van der Waals surface area contributed by atoms with E-state index in [-0.39, 0.29) is 12.5 Å². The fraction of sp³-hybridized carbons (Fsp3) is 0.826. The van der Waals surface area contributed by atoms with Crippen molar-refractivity contribution in [3.05, 3.63) is 11.8 Å². The molecule has 0 heterocycles. The van der Waals surface area contributed by atoms with Crippen LogP contribution in [0.5, 0.6) is 0 Å². The molecule has 0 amide bonds. The van der Waals surface area contributed by atoms with Gasteiger partial charge in [-0.2, -0.15) is 0 Å². The number of esters is 1. The van der Waals surface area contributed by atoms with Crippen molar-refractivity contribution in [2.24, 2.45) is 11.8 Å². The lowest BCUT2D eigenvalue weighted by Crippen LogP contribution is -2.54. The van der Waals surface area contributed by atoms with Crippen LogP contribution in [0.3, 0.4) is 0 Å². The molecule has 0 aromatic carbocycles. The van der Waals surface area contributed by atoms with Gasteiger partial charge in [-0.3, -0.25) is 9.59 Å². The number of alkyl halides is 1. The summed E-state index contributed by atoms with van der Waals surface area (Å²) in [5.74, 6) is 1.14. The Bertz CT molecular complexity index is 589. The molecule has 0 aliphatic heterocycles. The van der Waals surface area contributed by atoms with E-state index in [0.717, 1.165) is 44.1 Å². The summed E-state index contributed by atoms with van der Waals surface area (Å²) in [6.45, 7) is 0.271. The number of rotatable bonds is 7. The van der Waals surface area contributed by atoms with E-state index in [1.54, 1.807) is 0 Å². The van der Waals surface area contributed by atoms with Crippen molar-refractivity contribution in [3.63, 3.8) is 0 Å². The molecule has 29 heavy (non-hydrogen) atoms. The SMILES string of the molecule is COC(=O)CNC(C1CCCCC1)C1CC(Br)CCC1N/C=C1/CCCCC1=O. The van der Waals surface area contributed by atoms with E-state index < -0.39 is 0 Å². The van der Waals surface area contributed by atoms with Crippen molar-refractivity contribution < 1.29 is 14.3 Å². The number of carbonyl (C=O) groups excluding carboxylic acids is 2. The second-order valence-corrected chi connectivity index (χ2v) is 10.3. The van der Waals surface area contributed by atoms with Crippen molar-refractivity contribution in [1.29, 1.82) is 0 Å². The minimum atomic E-state index is -0.198. The third-order valence-corrected chi connectivity index (χ3v) is 7.93. The first-order valence-corrected chi connectivity index (χ1v) is 12.4. The molecular formula is C23H37BrN2O3. The zero-order valence-corrected chi connectivity index (χ0v) is 19.3. The molecule has 3 saturated carbocycles. The zero-order chi connectivity index (χ0) is 20.6. The molecule has 5 nitrogen and oxygen atoms in total. The highest BCUT2D eigenvalue weighted by atomic mass is 79.9. The average Bonchev–Trinajstić information content (AvgIpc) is 2.75. The molecule has 0 saturated heterocycles. The first kappa shape index (κ1) is 22.8. The van der Waals surface area contributed by atoms with Gasteiger partial charge in [0, 0.05) is 35.1 Å². The molecule has 0 aromatic heterocycles. The van der Waals surface area contributed by atoms with Crippen LogP contribution in [0.15, 0.2) is 11.8 Å². The van der Waals surface area contributed by atoms with Crippen molar-refractivity contribution >= 4 is 27.7 Å². The van der Waals surface area contributed by atoms with Crippen molar-refractivity contribution in [1.82, 2.24) is 10.6 Å². The summed E-state index contributed by atoms with van der Waals surface area (Å²) in [5, 5.41) is 7.24. The number of ketones is 1. The number of nitrogens with one attached hydrogen (secondary N) is 2. The number of halogens is 1. The summed E-state index contributed by atoms with van der Waals surface area (Å²) < 4.78 is 4.89. The molecule has 0 spiro atoms.